The number of hydrogen-bond donors (Lipinski definition) is 8. The highest BCUT2D eigenvalue weighted by Gasteiger charge is 2.29. The summed E-state index contributed by atoms with van der Waals surface area (Å²) >= 11 is 0. The average Bonchev–Trinajstić information content (AvgIpc) is 2.80. The maximum Gasteiger partial charge on any atom is 0.326 e. The van der Waals surface area contributed by atoms with Crippen LogP contribution in [0.3, 0.4) is 0 Å². The molecule has 1 aromatic rings. The van der Waals surface area contributed by atoms with Crippen LogP contribution in [-0.4, -0.2) is 70.6 Å². The number of nitrogens with two attached hydrogens (primary N) is 3. The Kier molecular flexibility index (Phi) is 12.9. The maximum absolute atomic E-state index is 13.1. The number of carbonyl (C=O) groups excluding carboxylic acids is 3. The Hall–Kier alpha value is -3.87. The van der Waals surface area contributed by atoms with Crippen LogP contribution >= 0.6 is 0 Å². The van der Waals surface area contributed by atoms with E-state index in [9.17, 15) is 29.4 Å². The van der Waals surface area contributed by atoms with Crippen molar-refractivity contribution in [1.82, 2.24) is 16.0 Å². The lowest BCUT2D eigenvalue weighted by atomic mass is 10.0. The van der Waals surface area contributed by atoms with Crippen LogP contribution in [0.15, 0.2) is 29.3 Å². The molecule has 1 aromatic carbocycles. The minimum Gasteiger partial charge on any atom is -0.508 e. The van der Waals surface area contributed by atoms with Crippen LogP contribution in [0, 0.1) is 5.92 Å². The van der Waals surface area contributed by atoms with E-state index in [-0.39, 0.29) is 37.0 Å². The molecule has 37 heavy (non-hydrogen) atoms. The molecule has 3 amide bonds. The molecule has 11 N–H and O–H groups in total. The van der Waals surface area contributed by atoms with E-state index in [1.54, 1.807) is 12.1 Å². The second kappa shape index (κ2) is 15.3. The molecule has 0 aliphatic heterocycles. The molecule has 0 aromatic heterocycles. The van der Waals surface area contributed by atoms with Crippen molar-refractivity contribution < 1.29 is 29.4 Å². The SMILES string of the molecule is CC(C)CC(N)C(=O)NC(C)C(=O)NC(Cc1ccc(O)cc1)C(=O)NC(CCCN=C(N)N)C(=O)O. The van der Waals surface area contributed by atoms with Crippen molar-refractivity contribution in [3.63, 3.8) is 0 Å². The van der Waals surface area contributed by atoms with Gasteiger partial charge in [0.2, 0.25) is 17.7 Å². The molecule has 0 saturated carbocycles. The van der Waals surface area contributed by atoms with E-state index in [1.807, 2.05) is 13.8 Å². The molecule has 0 bridgehead atoms. The van der Waals surface area contributed by atoms with E-state index < -0.39 is 47.9 Å². The van der Waals surface area contributed by atoms with Gasteiger partial charge in [0.15, 0.2) is 5.96 Å². The monoisotopic (exact) mass is 521 g/mol. The maximum atomic E-state index is 13.1. The zero-order valence-electron chi connectivity index (χ0n) is 21.4. The fraction of sp³-hybridized carbons (Fsp3) is 0.542. The van der Waals surface area contributed by atoms with Crippen LogP contribution in [0.5, 0.6) is 5.75 Å². The third-order valence-electron chi connectivity index (χ3n) is 5.38. The van der Waals surface area contributed by atoms with Gasteiger partial charge in [0, 0.05) is 13.0 Å². The quantitative estimate of drug-likeness (QED) is 0.0794. The number of aliphatic carboxylic acids is 1. The molecule has 0 aliphatic carbocycles. The van der Waals surface area contributed by atoms with Crippen molar-refractivity contribution in [3.8, 4) is 5.75 Å². The van der Waals surface area contributed by atoms with Gasteiger partial charge >= 0.3 is 5.97 Å². The number of phenolic OH excluding ortho intramolecular Hbond substituents is 1. The Balaban J connectivity index is 2.96. The number of guanidine groups is 1. The van der Waals surface area contributed by atoms with E-state index in [0.29, 0.717) is 18.4 Å². The molecular weight excluding hydrogens is 482 g/mol. The van der Waals surface area contributed by atoms with Crippen LogP contribution in [0.25, 0.3) is 0 Å². The first-order valence-corrected chi connectivity index (χ1v) is 12.0. The van der Waals surface area contributed by atoms with E-state index in [0.717, 1.165) is 0 Å². The Morgan fingerprint density at radius 3 is 2.05 bits per heavy atom. The highest BCUT2D eigenvalue weighted by Crippen LogP contribution is 2.12. The predicted molar refractivity (Wildman–Crippen MR) is 138 cm³/mol. The fourth-order valence-electron chi connectivity index (χ4n) is 3.41. The van der Waals surface area contributed by atoms with Gasteiger partial charge in [-0.3, -0.25) is 19.4 Å². The first-order chi connectivity index (χ1) is 17.3. The first kappa shape index (κ1) is 31.2. The normalized spacial score (nSPS) is 14.1. The summed E-state index contributed by atoms with van der Waals surface area (Å²) in [6.45, 7) is 5.47. The van der Waals surface area contributed by atoms with Gasteiger partial charge in [0.25, 0.3) is 0 Å². The molecular formula is C24H39N7O6. The summed E-state index contributed by atoms with van der Waals surface area (Å²) < 4.78 is 0. The predicted octanol–water partition coefficient (Wildman–Crippen LogP) is -1.08. The molecule has 0 saturated heterocycles. The fourth-order valence-corrected chi connectivity index (χ4v) is 3.41. The smallest absolute Gasteiger partial charge is 0.326 e. The van der Waals surface area contributed by atoms with Gasteiger partial charge in [0.1, 0.15) is 23.9 Å². The van der Waals surface area contributed by atoms with E-state index in [1.165, 1.54) is 19.1 Å². The molecule has 13 nitrogen and oxygen atoms in total. The van der Waals surface area contributed by atoms with Crippen molar-refractivity contribution in [2.45, 2.75) is 70.6 Å². The molecule has 0 fully saturated rings. The van der Waals surface area contributed by atoms with Gasteiger partial charge in [-0.1, -0.05) is 26.0 Å². The van der Waals surface area contributed by atoms with E-state index in [4.69, 9.17) is 17.2 Å². The number of carboxylic acids is 1. The lowest BCUT2D eigenvalue weighted by Crippen LogP contribution is -2.57. The van der Waals surface area contributed by atoms with E-state index in [2.05, 4.69) is 20.9 Å². The number of hydrogen-bond acceptors (Lipinski definition) is 7. The van der Waals surface area contributed by atoms with Gasteiger partial charge in [-0.2, -0.15) is 0 Å². The number of aliphatic imine (C=N–C) groups is 1. The Morgan fingerprint density at radius 2 is 1.51 bits per heavy atom. The van der Waals surface area contributed by atoms with Crippen molar-refractivity contribution in [2.24, 2.45) is 28.1 Å². The van der Waals surface area contributed by atoms with Crippen LogP contribution < -0.4 is 33.2 Å². The third-order valence-corrected chi connectivity index (χ3v) is 5.38. The molecule has 4 unspecified atom stereocenters. The number of nitrogens with one attached hydrogen (secondary N) is 3. The van der Waals surface area contributed by atoms with E-state index >= 15 is 0 Å². The van der Waals surface area contributed by atoms with Gasteiger partial charge in [-0.15, -0.1) is 0 Å². The van der Waals surface area contributed by atoms with Crippen molar-refractivity contribution in [2.75, 3.05) is 6.54 Å². The topological polar surface area (TPSA) is 235 Å². The average molecular weight is 522 g/mol. The molecule has 0 aliphatic rings. The van der Waals surface area contributed by atoms with Crippen LogP contribution in [0.1, 0.15) is 45.6 Å². The number of carboxylic acid groups (broad SMARTS) is 1. The lowest BCUT2D eigenvalue weighted by molar-refractivity contribution is -0.142. The number of benzene rings is 1. The third kappa shape index (κ3) is 12.1. The Bertz CT molecular complexity index is 947. The van der Waals surface area contributed by atoms with Crippen LogP contribution in [-0.2, 0) is 25.6 Å². The van der Waals surface area contributed by atoms with Gasteiger partial charge in [-0.25, -0.2) is 4.79 Å². The van der Waals surface area contributed by atoms with Crippen molar-refractivity contribution >= 4 is 29.7 Å². The summed E-state index contributed by atoms with van der Waals surface area (Å²) in [6.07, 6.45) is 0.791. The molecule has 0 heterocycles. The summed E-state index contributed by atoms with van der Waals surface area (Å²) in [5.41, 5.74) is 17.0. The molecule has 206 valence electrons. The zero-order valence-corrected chi connectivity index (χ0v) is 21.4. The summed E-state index contributed by atoms with van der Waals surface area (Å²) in [6, 6.07) is 1.79. The van der Waals surface area contributed by atoms with Crippen molar-refractivity contribution in [1.29, 1.82) is 0 Å². The van der Waals surface area contributed by atoms with Crippen LogP contribution in [0.2, 0.25) is 0 Å². The largest absolute Gasteiger partial charge is 0.508 e. The van der Waals surface area contributed by atoms with Gasteiger partial charge < -0.3 is 43.4 Å². The molecule has 4 atom stereocenters. The summed E-state index contributed by atoms with van der Waals surface area (Å²) in [5.74, 6) is -3.05. The highest BCUT2D eigenvalue weighted by atomic mass is 16.4. The highest BCUT2D eigenvalue weighted by molar-refractivity contribution is 5.94. The molecule has 0 spiro atoms. The van der Waals surface area contributed by atoms with Crippen LogP contribution in [0.4, 0.5) is 0 Å². The number of nitrogens with zero attached hydrogens (tertiary/aromatic N) is 1. The molecule has 13 heteroatoms. The Morgan fingerprint density at radius 1 is 0.919 bits per heavy atom. The Labute approximate surface area is 216 Å². The minimum atomic E-state index is -1.26. The number of aromatic hydroxyl groups is 1. The van der Waals surface area contributed by atoms with Crippen molar-refractivity contribution in [3.05, 3.63) is 29.8 Å². The summed E-state index contributed by atoms with van der Waals surface area (Å²) in [4.78, 5) is 53.7. The molecule has 0 radical (unpaired) electrons. The molecule has 1 rings (SSSR count). The second-order valence-corrected chi connectivity index (χ2v) is 9.25. The standard InChI is InChI=1S/C24H39N7O6/c1-13(2)11-17(25)21(34)29-14(3)20(33)31-19(12-15-6-8-16(32)9-7-15)22(35)30-18(23(36)37)5-4-10-28-24(26)27/h6-9,13-14,17-19,32H,4-5,10-12,25H2,1-3H3,(H,29,34)(H,30,35)(H,31,33)(H,36,37)(H4,26,27,28). The number of rotatable bonds is 15. The second-order valence-electron chi connectivity index (χ2n) is 9.25. The zero-order chi connectivity index (χ0) is 28.1. The number of amides is 3. The number of carbonyl (C=O) groups is 4. The number of phenols is 1. The minimum absolute atomic E-state index is 0.00568. The van der Waals surface area contributed by atoms with Gasteiger partial charge in [0.05, 0.1) is 6.04 Å². The first-order valence-electron chi connectivity index (χ1n) is 12.0. The summed E-state index contributed by atoms with van der Waals surface area (Å²) in [5, 5.41) is 26.6. The lowest BCUT2D eigenvalue weighted by Gasteiger charge is -2.24. The van der Waals surface area contributed by atoms with Gasteiger partial charge in [-0.05, 0) is 49.8 Å². The summed E-state index contributed by atoms with van der Waals surface area (Å²) in [7, 11) is 0.